The van der Waals surface area contributed by atoms with Gasteiger partial charge in [-0.2, -0.15) is 0 Å². The summed E-state index contributed by atoms with van der Waals surface area (Å²) < 4.78 is 25.1. The monoisotopic (exact) mass is 535 g/mol. The maximum Gasteiger partial charge on any atom is 0.406 e. The molecule has 0 aliphatic carbocycles. The summed E-state index contributed by atoms with van der Waals surface area (Å²) >= 11 is 0. The van der Waals surface area contributed by atoms with E-state index in [-0.39, 0.29) is 42.6 Å². The molecule has 0 saturated carbocycles. The van der Waals surface area contributed by atoms with E-state index in [4.69, 9.17) is 9.47 Å². The van der Waals surface area contributed by atoms with E-state index in [9.17, 15) is 18.8 Å². The van der Waals surface area contributed by atoms with Gasteiger partial charge in [-0.1, -0.05) is 32.9 Å². The first kappa shape index (κ1) is 29.6. The second-order valence-electron chi connectivity index (χ2n) is 11.1. The fraction of sp³-hybridized carbons (Fsp3) is 0.667. The van der Waals surface area contributed by atoms with Crippen molar-refractivity contribution in [3.05, 3.63) is 35.6 Å². The van der Waals surface area contributed by atoms with Crippen molar-refractivity contribution in [2.75, 3.05) is 40.4 Å². The molecule has 3 rings (SSSR count). The van der Waals surface area contributed by atoms with Gasteiger partial charge in [-0.15, -0.1) is 0 Å². The van der Waals surface area contributed by atoms with Gasteiger partial charge < -0.3 is 24.6 Å². The molecular formula is C27H42FN5O5. The number of alkyl carbamates (subject to hydrolysis) is 1. The molecule has 0 aromatic heterocycles. The minimum absolute atomic E-state index is 0.0375. The van der Waals surface area contributed by atoms with Crippen LogP contribution in [0.5, 0.6) is 0 Å². The molecule has 212 valence electrons. The molecule has 11 heteroatoms. The maximum absolute atomic E-state index is 14.0. The molecule has 10 nitrogen and oxygen atoms in total. The Hall–Kier alpha value is -2.92. The zero-order valence-electron chi connectivity index (χ0n) is 23.1. The van der Waals surface area contributed by atoms with Gasteiger partial charge in [-0.3, -0.25) is 10.6 Å². The van der Waals surface area contributed by atoms with Gasteiger partial charge in [-0.05, 0) is 55.8 Å². The highest BCUT2D eigenvalue weighted by molar-refractivity contribution is 5.94. The number of rotatable bonds is 9. The number of benzene rings is 1. The van der Waals surface area contributed by atoms with Crippen LogP contribution in [0.2, 0.25) is 0 Å². The smallest absolute Gasteiger partial charge is 0.406 e. The zero-order valence-corrected chi connectivity index (χ0v) is 23.1. The van der Waals surface area contributed by atoms with Crippen molar-refractivity contribution >= 4 is 18.2 Å². The molecule has 2 aliphatic heterocycles. The van der Waals surface area contributed by atoms with E-state index < -0.39 is 24.3 Å². The fourth-order valence-corrected chi connectivity index (χ4v) is 5.01. The molecule has 1 aromatic carbocycles. The van der Waals surface area contributed by atoms with Crippen molar-refractivity contribution in [1.29, 1.82) is 0 Å². The number of amides is 5. The van der Waals surface area contributed by atoms with Gasteiger partial charge in [0.15, 0.2) is 0 Å². The highest BCUT2D eigenvalue weighted by Crippen LogP contribution is 2.35. The number of likely N-dealkylation sites (tertiary alicyclic amines) is 1. The Labute approximate surface area is 224 Å². The first-order chi connectivity index (χ1) is 18.0. The molecule has 3 N–H and O–H groups in total. The SMILES string of the molecule is CNC(=O)OCCO[C@@H](c1cccc(F)c1)[C@@H]1CCCN(C(=O)NC(=O)N2[C@H](NC)[C@@H]2CCC(C)(C)C)C1. The number of hydrogen-bond acceptors (Lipinski definition) is 6. The number of carbonyl (C=O) groups excluding carboxylic acids is 3. The lowest BCUT2D eigenvalue weighted by Crippen LogP contribution is -2.49. The van der Waals surface area contributed by atoms with Crippen molar-refractivity contribution in [3.63, 3.8) is 0 Å². The number of nitrogens with zero attached hydrogens (tertiary/aromatic N) is 2. The third-order valence-electron chi connectivity index (χ3n) is 7.03. The van der Waals surface area contributed by atoms with Crippen LogP contribution in [0.15, 0.2) is 24.3 Å². The third-order valence-corrected chi connectivity index (χ3v) is 7.03. The molecule has 2 heterocycles. The number of nitrogens with one attached hydrogen (secondary N) is 3. The molecule has 2 saturated heterocycles. The Balaban J connectivity index is 1.60. The van der Waals surface area contributed by atoms with Crippen LogP contribution < -0.4 is 16.0 Å². The molecule has 0 bridgehead atoms. The Morgan fingerprint density at radius 2 is 1.92 bits per heavy atom. The van der Waals surface area contributed by atoms with E-state index >= 15 is 0 Å². The molecule has 5 amide bonds. The Morgan fingerprint density at radius 3 is 2.58 bits per heavy atom. The van der Waals surface area contributed by atoms with Crippen LogP contribution in [0, 0.1) is 17.2 Å². The fourth-order valence-electron chi connectivity index (χ4n) is 5.01. The minimum atomic E-state index is -0.561. The van der Waals surface area contributed by atoms with Gasteiger partial charge in [-0.25, -0.2) is 18.8 Å². The van der Waals surface area contributed by atoms with Crippen molar-refractivity contribution in [1.82, 2.24) is 25.8 Å². The molecular weight excluding hydrogens is 493 g/mol. The topological polar surface area (TPSA) is 112 Å². The molecule has 38 heavy (non-hydrogen) atoms. The van der Waals surface area contributed by atoms with E-state index in [0.29, 0.717) is 25.1 Å². The Bertz CT molecular complexity index is 971. The van der Waals surface area contributed by atoms with Gasteiger partial charge in [0.05, 0.1) is 18.8 Å². The summed E-state index contributed by atoms with van der Waals surface area (Å²) in [5.41, 5.74) is 0.812. The van der Waals surface area contributed by atoms with Crippen LogP contribution in [-0.2, 0) is 9.47 Å². The molecule has 1 aromatic rings. The number of imide groups is 1. The van der Waals surface area contributed by atoms with Crippen LogP contribution >= 0.6 is 0 Å². The van der Waals surface area contributed by atoms with E-state index in [1.807, 2.05) is 7.05 Å². The van der Waals surface area contributed by atoms with Gasteiger partial charge in [0, 0.05) is 26.1 Å². The van der Waals surface area contributed by atoms with Gasteiger partial charge in [0.1, 0.15) is 18.6 Å². The minimum Gasteiger partial charge on any atom is -0.447 e. The Kier molecular flexibility index (Phi) is 10.3. The van der Waals surface area contributed by atoms with Gasteiger partial charge in [0.25, 0.3) is 0 Å². The van der Waals surface area contributed by atoms with Crippen LogP contribution in [0.4, 0.5) is 18.8 Å². The van der Waals surface area contributed by atoms with E-state index in [1.165, 1.54) is 19.2 Å². The van der Waals surface area contributed by atoms with Crippen LogP contribution in [-0.4, -0.2) is 80.6 Å². The second-order valence-corrected chi connectivity index (χ2v) is 11.1. The van der Waals surface area contributed by atoms with Gasteiger partial charge >= 0.3 is 18.2 Å². The largest absolute Gasteiger partial charge is 0.447 e. The lowest BCUT2D eigenvalue weighted by Gasteiger charge is -2.37. The van der Waals surface area contributed by atoms with E-state index in [2.05, 4.69) is 36.7 Å². The molecule has 0 radical (unpaired) electrons. The van der Waals surface area contributed by atoms with Crippen molar-refractivity contribution < 1.29 is 28.2 Å². The number of ether oxygens (including phenoxy) is 2. The highest BCUT2D eigenvalue weighted by Gasteiger charge is 2.50. The van der Waals surface area contributed by atoms with Crippen LogP contribution in [0.25, 0.3) is 0 Å². The number of likely N-dealkylation sites (N-methyl/N-ethyl adjacent to an activating group) is 1. The average molecular weight is 536 g/mol. The summed E-state index contributed by atoms with van der Waals surface area (Å²) in [6, 6.07) is 5.39. The first-order valence-corrected chi connectivity index (χ1v) is 13.3. The normalized spacial score (nSPS) is 22.0. The number of urea groups is 2. The maximum atomic E-state index is 14.0. The average Bonchev–Trinajstić information content (AvgIpc) is 3.60. The Morgan fingerprint density at radius 1 is 1.16 bits per heavy atom. The highest BCUT2D eigenvalue weighted by atomic mass is 19.1. The van der Waals surface area contributed by atoms with Crippen LogP contribution in [0.1, 0.15) is 58.1 Å². The predicted octanol–water partition coefficient (Wildman–Crippen LogP) is 3.84. The summed E-state index contributed by atoms with van der Waals surface area (Å²) in [6.07, 6.45) is 2.16. The molecule has 4 atom stereocenters. The van der Waals surface area contributed by atoms with Crippen molar-refractivity contribution in [3.8, 4) is 0 Å². The predicted molar refractivity (Wildman–Crippen MR) is 141 cm³/mol. The lowest BCUT2D eigenvalue weighted by molar-refractivity contribution is -0.0262. The summed E-state index contributed by atoms with van der Waals surface area (Å²) in [4.78, 5) is 40.6. The van der Waals surface area contributed by atoms with E-state index in [1.54, 1.807) is 21.9 Å². The zero-order chi connectivity index (χ0) is 27.9. The molecule has 0 spiro atoms. The van der Waals surface area contributed by atoms with Crippen molar-refractivity contribution in [2.24, 2.45) is 11.3 Å². The van der Waals surface area contributed by atoms with E-state index in [0.717, 1.165) is 19.3 Å². The quantitative estimate of drug-likeness (QED) is 0.327. The summed E-state index contributed by atoms with van der Waals surface area (Å²) in [5, 5.41) is 8.07. The standard InChI is InChI=1S/C27H42FN5O5/c1-27(2,3)12-11-21-23(29-4)33(21)25(35)31-24(34)32-13-7-9-19(17-32)22(18-8-6-10-20(28)16-18)37-14-15-38-26(36)30-5/h6,8,10,16,19,21-23,29H,7,9,11-15,17H2,1-5H3,(H,30,36)(H,31,34,35)/t19-,21+,22+,23+,33?/m1/s1. The first-order valence-electron chi connectivity index (χ1n) is 13.3. The number of carbonyl (C=O) groups is 3. The number of halogens is 1. The molecule has 2 aliphatic rings. The number of piperidine rings is 1. The lowest BCUT2D eigenvalue weighted by atomic mass is 9.88. The third kappa shape index (κ3) is 8.29. The van der Waals surface area contributed by atoms with Crippen LogP contribution in [0.3, 0.4) is 0 Å². The second kappa shape index (κ2) is 13.2. The van der Waals surface area contributed by atoms with Crippen molar-refractivity contribution in [2.45, 2.75) is 64.8 Å². The van der Waals surface area contributed by atoms with Gasteiger partial charge in [0.2, 0.25) is 0 Å². The molecule has 0 unspecified atom stereocenters. The summed E-state index contributed by atoms with van der Waals surface area (Å²) in [7, 11) is 3.28. The summed E-state index contributed by atoms with van der Waals surface area (Å²) in [5.74, 6) is -0.510. The number of hydrogen-bond donors (Lipinski definition) is 3. The summed E-state index contributed by atoms with van der Waals surface area (Å²) in [6.45, 7) is 7.51. The molecule has 2 fully saturated rings.